The molecule has 0 saturated carbocycles. The van der Waals surface area contributed by atoms with Gasteiger partial charge in [-0.05, 0) is 56.5 Å². The lowest BCUT2D eigenvalue weighted by Gasteiger charge is -2.31. The first-order valence-electron chi connectivity index (χ1n) is 7.25. The zero-order valence-electron chi connectivity index (χ0n) is 12.4. The van der Waals surface area contributed by atoms with Gasteiger partial charge in [0, 0.05) is 0 Å². The molecule has 0 N–H and O–H groups in total. The summed E-state index contributed by atoms with van der Waals surface area (Å²) in [6.45, 7) is 5.54. The molecule has 1 aliphatic heterocycles. The topological polar surface area (TPSA) is 21.7 Å². The lowest BCUT2D eigenvalue weighted by atomic mass is 9.89. The maximum absolute atomic E-state index is 5.56. The van der Waals surface area contributed by atoms with Crippen LogP contribution in [0.3, 0.4) is 0 Å². The largest absolute Gasteiger partial charge is 0.493 e. The van der Waals surface area contributed by atoms with Crippen molar-refractivity contribution in [1.82, 2.24) is 4.90 Å². The molecule has 0 aromatic heterocycles. The highest BCUT2D eigenvalue weighted by atomic mass is 16.5. The van der Waals surface area contributed by atoms with Gasteiger partial charge in [0.1, 0.15) is 0 Å². The summed E-state index contributed by atoms with van der Waals surface area (Å²) in [5.41, 5.74) is 1.34. The van der Waals surface area contributed by atoms with E-state index in [1.54, 1.807) is 7.11 Å². The highest BCUT2D eigenvalue weighted by Gasteiger charge is 2.21. The number of rotatable bonds is 5. The van der Waals surface area contributed by atoms with Crippen LogP contribution in [0.4, 0.5) is 0 Å². The van der Waals surface area contributed by atoms with Crippen molar-refractivity contribution in [3.05, 3.63) is 23.8 Å². The number of methoxy groups -OCH3 is 1. The molecule has 3 heteroatoms. The summed E-state index contributed by atoms with van der Waals surface area (Å²) in [6.07, 6.45) is 7.67. The Kier molecular flexibility index (Phi) is 5.31. The summed E-state index contributed by atoms with van der Waals surface area (Å²) < 4.78 is 11.0. The Morgan fingerprint density at radius 1 is 1.30 bits per heavy atom. The van der Waals surface area contributed by atoms with E-state index in [0.717, 1.165) is 44.0 Å². The van der Waals surface area contributed by atoms with Crippen LogP contribution in [-0.2, 0) is 0 Å². The van der Waals surface area contributed by atoms with E-state index in [2.05, 4.69) is 23.0 Å². The molecular formula is C17H23NO2. The monoisotopic (exact) mass is 273 g/mol. The Hall–Kier alpha value is -1.66. The molecule has 1 aromatic carbocycles. The molecule has 20 heavy (non-hydrogen) atoms. The standard InChI is InChI=1S/C17H23NO2/c1-4-10-18-11-8-14(9-12-18)15-6-7-16(20-5-2)17(13-15)19-3/h1,6-7,13-14H,5,8-12H2,2-3H3. The first kappa shape index (κ1) is 14.7. The minimum atomic E-state index is 0.591. The molecule has 1 saturated heterocycles. The van der Waals surface area contributed by atoms with Crippen LogP contribution >= 0.6 is 0 Å². The molecule has 1 heterocycles. The summed E-state index contributed by atoms with van der Waals surface area (Å²) in [4.78, 5) is 2.34. The average molecular weight is 273 g/mol. The van der Waals surface area contributed by atoms with E-state index >= 15 is 0 Å². The molecule has 0 bridgehead atoms. The predicted octanol–water partition coefficient (Wildman–Crippen LogP) is 2.91. The van der Waals surface area contributed by atoms with Gasteiger partial charge >= 0.3 is 0 Å². The molecule has 0 aliphatic carbocycles. The SMILES string of the molecule is C#CCN1CCC(c2ccc(OCC)c(OC)c2)CC1. The van der Waals surface area contributed by atoms with E-state index in [1.807, 2.05) is 13.0 Å². The van der Waals surface area contributed by atoms with Crippen molar-refractivity contribution in [1.29, 1.82) is 0 Å². The van der Waals surface area contributed by atoms with Gasteiger partial charge in [0.2, 0.25) is 0 Å². The molecular weight excluding hydrogens is 250 g/mol. The van der Waals surface area contributed by atoms with Crippen LogP contribution in [0.15, 0.2) is 18.2 Å². The molecule has 2 rings (SSSR count). The highest BCUT2D eigenvalue weighted by molar-refractivity contribution is 5.44. The van der Waals surface area contributed by atoms with Crippen LogP contribution in [0, 0.1) is 12.3 Å². The van der Waals surface area contributed by atoms with Gasteiger partial charge in [-0.15, -0.1) is 6.42 Å². The normalized spacial score (nSPS) is 16.6. The fourth-order valence-electron chi connectivity index (χ4n) is 2.77. The van der Waals surface area contributed by atoms with Crippen molar-refractivity contribution in [2.75, 3.05) is 33.4 Å². The van der Waals surface area contributed by atoms with E-state index in [9.17, 15) is 0 Å². The van der Waals surface area contributed by atoms with Crippen molar-refractivity contribution in [3.63, 3.8) is 0 Å². The average Bonchev–Trinajstić information content (AvgIpc) is 2.49. The molecule has 0 unspecified atom stereocenters. The third-order valence-electron chi connectivity index (χ3n) is 3.86. The van der Waals surface area contributed by atoms with Crippen LogP contribution in [-0.4, -0.2) is 38.3 Å². The van der Waals surface area contributed by atoms with E-state index in [1.165, 1.54) is 5.56 Å². The number of likely N-dealkylation sites (tertiary alicyclic amines) is 1. The van der Waals surface area contributed by atoms with Crippen LogP contribution in [0.1, 0.15) is 31.2 Å². The molecule has 0 spiro atoms. The Labute approximate surface area is 121 Å². The number of hydrogen-bond acceptors (Lipinski definition) is 3. The number of terminal acetylenes is 1. The van der Waals surface area contributed by atoms with Crippen LogP contribution in [0.5, 0.6) is 11.5 Å². The van der Waals surface area contributed by atoms with Gasteiger partial charge in [-0.25, -0.2) is 0 Å². The molecule has 0 amide bonds. The van der Waals surface area contributed by atoms with E-state index in [4.69, 9.17) is 15.9 Å². The van der Waals surface area contributed by atoms with Crippen LogP contribution in [0.25, 0.3) is 0 Å². The Morgan fingerprint density at radius 3 is 2.65 bits per heavy atom. The third kappa shape index (κ3) is 3.46. The maximum atomic E-state index is 5.56. The second kappa shape index (κ2) is 7.21. The van der Waals surface area contributed by atoms with Crippen molar-refractivity contribution in [2.24, 2.45) is 0 Å². The zero-order valence-corrected chi connectivity index (χ0v) is 12.4. The number of ether oxygens (including phenoxy) is 2. The first-order valence-corrected chi connectivity index (χ1v) is 7.25. The molecule has 0 atom stereocenters. The summed E-state index contributed by atoms with van der Waals surface area (Å²) >= 11 is 0. The Bertz CT molecular complexity index is 470. The summed E-state index contributed by atoms with van der Waals surface area (Å²) in [6, 6.07) is 6.30. The maximum Gasteiger partial charge on any atom is 0.161 e. The van der Waals surface area contributed by atoms with Gasteiger partial charge in [0.15, 0.2) is 11.5 Å². The van der Waals surface area contributed by atoms with Crippen LogP contribution < -0.4 is 9.47 Å². The van der Waals surface area contributed by atoms with Gasteiger partial charge in [-0.2, -0.15) is 0 Å². The summed E-state index contributed by atoms with van der Waals surface area (Å²) in [7, 11) is 1.69. The van der Waals surface area contributed by atoms with Gasteiger partial charge < -0.3 is 9.47 Å². The fraction of sp³-hybridized carbons (Fsp3) is 0.529. The second-order valence-electron chi connectivity index (χ2n) is 5.10. The van der Waals surface area contributed by atoms with Gasteiger partial charge in [-0.3, -0.25) is 4.90 Å². The second-order valence-corrected chi connectivity index (χ2v) is 5.10. The molecule has 1 aliphatic rings. The van der Waals surface area contributed by atoms with Crippen LogP contribution in [0.2, 0.25) is 0 Å². The Morgan fingerprint density at radius 2 is 2.05 bits per heavy atom. The molecule has 108 valence electrons. The number of benzene rings is 1. The summed E-state index contributed by atoms with van der Waals surface area (Å²) in [5.74, 6) is 4.96. The van der Waals surface area contributed by atoms with Gasteiger partial charge in [0.25, 0.3) is 0 Å². The predicted molar refractivity (Wildman–Crippen MR) is 81.4 cm³/mol. The smallest absolute Gasteiger partial charge is 0.161 e. The zero-order chi connectivity index (χ0) is 14.4. The van der Waals surface area contributed by atoms with E-state index in [-0.39, 0.29) is 0 Å². The minimum Gasteiger partial charge on any atom is -0.493 e. The number of nitrogens with zero attached hydrogens (tertiary/aromatic N) is 1. The molecule has 3 nitrogen and oxygen atoms in total. The van der Waals surface area contributed by atoms with Gasteiger partial charge in [0.05, 0.1) is 20.3 Å². The third-order valence-corrected chi connectivity index (χ3v) is 3.86. The quantitative estimate of drug-likeness (QED) is 0.770. The first-order chi connectivity index (χ1) is 9.78. The number of hydrogen-bond donors (Lipinski definition) is 0. The fourth-order valence-corrected chi connectivity index (χ4v) is 2.77. The summed E-state index contributed by atoms with van der Waals surface area (Å²) in [5, 5.41) is 0. The molecule has 1 fully saturated rings. The lowest BCUT2D eigenvalue weighted by Crippen LogP contribution is -2.33. The lowest BCUT2D eigenvalue weighted by molar-refractivity contribution is 0.235. The van der Waals surface area contributed by atoms with E-state index in [0.29, 0.717) is 12.5 Å². The van der Waals surface area contributed by atoms with E-state index < -0.39 is 0 Å². The minimum absolute atomic E-state index is 0.591. The van der Waals surface area contributed by atoms with Crippen molar-refractivity contribution in [2.45, 2.75) is 25.7 Å². The Balaban J connectivity index is 2.05. The van der Waals surface area contributed by atoms with Crippen molar-refractivity contribution in [3.8, 4) is 23.8 Å². The highest BCUT2D eigenvalue weighted by Crippen LogP contribution is 2.34. The van der Waals surface area contributed by atoms with Gasteiger partial charge in [-0.1, -0.05) is 12.0 Å². The molecule has 1 aromatic rings. The molecule has 0 radical (unpaired) electrons. The van der Waals surface area contributed by atoms with Crippen molar-refractivity contribution >= 4 is 0 Å². The van der Waals surface area contributed by atoms with Crippen molar-refractivity contribution < 1.29 is 9.47 Å². The number of piperidine rings is 1.